The van der Waals surface area contributed by atoms with Crippen molar-refractivity contribution < 1.29 is 0 Å². The Kier molecular flexibility index (Phi) is 3.74. The van der Waals surface area contributed by atoms with Gasteiger partial charge in [0.15, 0.2) is 5.16 Å². The first-order valence-electron chi connectivity index (χ1n) is 7.33. The molecule has 2 unspecified atom stereocenters. The van der Waals surface area contributed by atoms with Gasteiger partial charge in [0.2, 0.25) is 0 Å². The van der Waals surface area contributed by atoms with Gasteiger partial charge in [-0.25, -0.2) is 0 Å². The molecule has 1 aromatic rings. The van der Waals surface area contributed by atoms with Gasteiger partial charge >= 0.3 is 0 Å². The molecule has 6 heteroatoms. The molecule has 1 aromatic heterocycles. The summed E-state index contributed by atoms with van der Waals surface area (Å²) in [5.74, 6) is 0.936. The molecular weight excluding hydrogens is 270 g/mol. The predicted octanol–water partition coefficient (Wildman–Crippen LogP) is 2.17. The van der Waals surface area contributed by atoms with Gasteiger partial charge < -0.3 is 4.57 Å². The van der Waals surface area contributed by atoms with E-state index in [4.69, 9.17) is 0 Å². The van der Waals surface area contributed by atoms with Crippen LogP contribution in [-0.2, 0) is 7.05 Å². The zero-order valence-electron chi connectivity index (χ0n) is 12.1. The Labute approximate surface area is 124 Å². The third-order valence-electron chi connectivity index (χ3n) is 4.30. The van der Waals surface area contributed by atoms with Crippen LogP contribution in [0.5, 0.6) is 0 Å². The lowest BCUT2D eigenvalue weighted by atomic mass is 9.82. The number of nitrogens with zero attached hydrogens (tertiary/aromatic N) is 4. The lowest BCUT2D eigenvalue weighted by molar-refractivity contribution is 0.301. The largest absolute Gasteiger partial charge is 0.309 e. The second-order valence-corrected chi connectivity index (χ2v) is 7.31. The Morgan fingerprint density at radius 2 is 2.20 bits per heavy atom. The molecule has 1 N–H and O–H groups in total. The van der Waals surface area contributed by atoms with Crippen molar-refractivity contribution in [2.45, 2.75) is 67.4 Å². The topological polar surface area (TPSA) is 66.5 Å². The van der Waals surface area contributed by atoms with Gasteiger partial charge in [0, 0.05) is 18.3 Å². The van der Waals surface area contributed by atoms with Crippen LogP contribution in [-0.4, -0.2) is 31.6 Å². The summed E-state index contributed by atoms with van der Waals surface area (Å²) in [6, 6.07) is 3.14. The molecule has 0 spiro atoms. The normalized spacial score (nSPS) is 30.1. The maximum absolute atomic E-state index is 9.61. The molecule has 0 bridgehead atoms. The fraction of sp³-hybridized carbons (Fsp3) is 0.786. The van der Waals surface area contributed by atoms with Crippen LogP contribution >= 0.6 is 11.8 Å². The van der Waals surface area contributed by atoms with E-state index in [0.29, 0.717) is 11.3 Å². The second kappa shape index (κ2) is 5.38. The standard InChI is InChI=1S/C14H21N5S/c1-10-17-18-13(19(10)2)20-12-4-3-7-14(8-12,9-15)16-11-5-6-11/h11-12,16H,3-8H2,1-2H3. The maximum Gasteiger partial charge on any atom is 0.191 e. The molecule has 2 atom stereocenters. The van der Waals surface area contributed by atoms with Gasteiger partial charge in [-0.2, -0.15) is 5.26 Å². The fourth-order valence-corrected chi connectivity index (χ4v) is 4.18. The highest BCUT2D eigenvalue weighted by Gasteiger charge is 2.41. The van der Waals surface area contributed by atoms with Crippen molar-refractivity contribution in [1.82, 2.24) is 20.1 Å². The average Bonchev–Trinajstić information content (AvgIpc) is 3.20. The molecule has 108 valence electrons. The number of hydrogen-bond donors (Lipinski definition) is 1. The summed E-state index contributed by atoms with van der Waals surface area (Å²) in [7, 11) is 2.00. The molecule has 0 saturated heterocycles. The number of hydrogen-bond acceptors (Lipinski definition) is 5. The Hall–Kier alpha value is -1.06. The molecule has 20 heavy (non-hydrogen) atoms. The third kappa shape index (κ3) is 2.84. The molecule has 0 radical (unpaired) electrons. The third-order valence-corrected chi connectivity index (χ3v) is 5.60. The molecule has 0 aliphatic heterocycles. The average molecular weight is 291 g/mol. The van der Waals surface area contributed by atoms with Crippen LogP contribution in [0.25, 0.3) is 0 Å². The van der Waals surface area contributed by atoms with E-state index >= 15 is 0 Å². The fourth-order valence-electron chi connectivity index (χ4n) is 2.85. The van der Waals surface area contributed by atoms with Crippen molar-refractivity contribution in [1.29, 1.82) is 5.26 Å². The first-order chi connectivity index (χ1) is 9.62. The molecule has 2 aliphatic carbocycles. The van der Waals surface area contributed by atoms with Gasteiger partial charge in [-0.3, -0.25) is 5.32 Å². The Balaban J connectivity index is 1.68. The molecule has 2 fully saturated rings. The summed E-state index contributed by atoms with van der Waals surface area (Å²) >= 11 is 1.78. The number of nitrogens with one attached hydrogen (secondary N) is 1. The molecular formula is C14H21N5S. The van der Waals surface area contributed by atoms with Gasteiger partial charge in [0.25, 0.3) is 0 Å². The summed E-state index contributed by atoms with van der Waals surface area (Å²) < 4.78 is 2.03. The molecule has 1 heterocycles. The van der Waals surface area contributed by atoms with Crippen molar-refractivity contribution in [3.8, 4) is 6.07 Å². The van der Waals surface area contributed by atoms with E-state index in [1.54, 1.807) is 11.8 Å². The molecule has 0 amide bonds. The minimum absolute atomic E-state index is 0.315. The van der Waals surface area contributed by atoms with Crippen LogP contribution < -0.4 is 5.32 Å². The summed E-state index contributed by atoms with van der Waals surface area (Å²) in [6.45, 7) is 1.96. The lowest BCUT2D eigenvalue weighted by Gasteiger charge is -2.36. The van der Waals surface area contributed by atoms with Crippen molar-refractivity contribution in [3.05, 3.63) is 5.82 Å². The highest BCUT2D eigenvalue weighted by atomic mass is 32.2. The summed E-state index contributed by atoms with van der Waals surface area (Å²) in [6.07, 6.45) is 6.62. The van der Waals surface area contributed by atoms with Crippen LogP contribution in [0.15, 0.2) is 5.16 Å². The quantitative estimate of drug-likeness (QED) is 0.921. The van der Waals surface area contributed by atoms with Crippen LogP contribution in [0, 0.1) is 18.3 Å². The van der Waals surface area contributed by atoms with Crippen LogP contribution in [0.3, 0.4) is 0 Å². The van der Waals surface area contributed by atoms with Gasteiger partial charge in [0.1, 0.15) is 11.4 Å². The monoisotopic (exact) mass is 291 g/mol. The van der Waals surface area contributed by atoms with Gasteiger partial charge in [-0.05, 0) is 45.4 Å². The highest BCUT2D eigenvalue weighted by molar-refractivity contribution is 7.99. The van der Waals surface area contributed by atoms with E-state index in [-0.39, 0.29) is 5.54 Å². The number of rotatable bonds is 4. The lowest BCUT2D eigenvalue weighted by Crippen LogP contribution is -2.49. The maximum atomic E-state index is 9.61. The van der Waals surface area contributed by atoms with Gasteiger partial charge in [-0.15, -0.1) is 10.2 Å². The first-order valence-corrected chi connectivity index (χ1v) is 8.21. The SMILES string of the molecule is Cc1nnc(SC2CCCC(C#N)(NC3CC3)C2)n1C. The molecule has 3 rings (SSSR count). The van der Waals surface area contributed by atoms with Crippen molar-refractivity contribution in [2.75, 3.05) is 0 Å². The molecule has 2 aliphatic rings. The van der Waals surface area contributed by atoms with Crippen molar-refractivity contribution >= 4 is 11.8 Å². The number of nitriles is 1. The second-order valence-electron chi connectivity index (χ2n) is 6.04. The van der Waals surface area contributed by atoms with Crippen LogP contribution in [0.2, 0.25) is 0 Å². The van der Waals surface area contributed by atoms with E-state index in [2.05, 4.69) is 21.6 Å². The minimum Gasteiger partial charge on any atom is -0.309 e. The van der Waals surface area contributed by atoms with Crippen molar-refractivity contribution in [2.24, 2.45) is 7.05 Å². The number of aromatic nitrogens is 3. The van der Waals surface area contributed by atoms with Crippen LogP contribution in [0.4, 0.5) is 0 Å². The van der Waals surface area contributed by atoms with Crippen LogP contribution in [0.1, 0.15) is 44.3 Å². The smallest absolute Gasteiger partial charge is 0.191 e. The van der Waals surface area contributed by atoms with E-state index < -0.39 is 0 Å². The summed E-state index contributed by atoms with van der Waals surface area (Å²) in [4.78, 5) is 0. The molecule has 0 aromatic carbocycles. The first kappa shape index (κ1) is 13.9. The molecule has 5 nitrogen and oxygen atoms in total. The van der Waals surface area contributed by atoms with E-state index in [1.165, 1.54) is 12.8 Å². The Morgan fingerprint density at radius 1 is 1.40 bits per heavy atom. The van der Waals surface area contributed by atoms with E-state index in [1.807, 2.05) is 18.5 Å². The number of aryl methyl sites for hydroxylation is 1. The molecule has 2 saturated carbocycles. The van der Waals surface area contributed by atoms with Gasteiger partial charge in [-0.1, -0.05) is 11.8 Å². The summed E-state index contributed by atoms with van der Waals surface area (Å²) in [5, 5.41) is 22.9. The zero-order chi connectivity index (χ0) is 14.2. The Bertz CT molecular complexity index is 530. The Morgan fingerprint density at radius 3 is 2.80 bits per heavy atom. The number of thioether (sulfide) groups is 1. The van der Waals surface area contributed by atoms with Crippen molar-refractivity contribution in [3.63, 3.8) is 0 Å². The van der Waals surface area contributed by atoms with E-state index in [9.17, 15) is 5.26 Å². The van der Waals surface area contributed by atoms with E-state index in [0.717, 1.165) is 36.7 Å². The minimum atomic E-state index is -0.315. The predicted molar refractivity (Wildman–Crippen MR) is 78.4 cm³/mol. The highest BCUT2D eigenvalue weighted by Crippen LogP contribution is 2.39. The summed E-state index contributed by atoms with van der Waals surface area (Å²) in [5.41, 5.74) is -0.315. The van der Waals surface area contributed by atoms with Gasteiger partial charge in [0.05, 0.1) is 6.07 Å². The zero-order valence-corrected chi connectivity index (χ0v) is 12.9.